The number of benzene rings is 2. The zero-order valence-corrected chi connectivity index (χ0v) is 16.1. The number of hydrogen-bond donors (Lipinski definition) is 1. The molecular formula is C23H25N3O2. The minimum atomic E-state index is -0.0308. The van der Waals surface area contributed by atoms with Crippen LogP contribution in [0.3, 0.4) is 0 Å². The number of H-pyrrole nitrogens is 1. The molecule has 1 amide bonds. The fraction of sp³-hybridized carbons (Fsp3) is 0.304. The molecule has 3 aromatic rings. The van der Waals surface area contributed by atoms with Gasteiger partial charge in [-0.3, -0.25) is 14.5 Å². The standard InChI is InChI=1S/C23H25N3O2/c1-17-6-2-3-7-18(17)15-22(27)26-12-10-25(11-13-26)16-20-14-19-8-4-5-9-21(19)24-23(20)28/h2-9,14H,10-13,15-16H2,1H3,(H,24,28). The molecule has 1 N–H and O–H groups in total. The van der Waals surface area contributed by atoms with Gasteiger partial charge in [0.2, 0.25) is 5.91 Å². The van der Waals surface area contributed by atoms with Gasteiger partial charge >= 0.3 is 0 Å². The van der Waals surface area contributed by atoms with E-state index in [1.807, 2.05) is 66.4 Å². The Labute approximate surface area is 164 Å². The van der Waals surface area contributed by atoms with E-state index >= 15 is 0 Å². The predicted octanol–water partition coefficient (Wildman–Crippen LogP) is 2.72. The van der Waals surface area contributed by atoms with E-state index in [2.05, 4.69) is 9.88 Å². The number of para-hydroxylation sites is 1. The zero-order chi connectivity index (χ0) is 19.5. The molecule has 0 spiro atoms. The SMILES string of the molecule is Cc1ccccc1CC(=O)N1CCN(Cc2cc3ccccc3[nH]c2=O)CC1. The van der Waals surface area contributed by atoms with E-state index in [9.17, 15) is 9.59 Å². The van der Waals surface area contributed by atoms with Crippen molar-refractivity contribution in [3.8, 4) is 0 Å². The van der Waals surface area contributed by atoms with E-state index in [0.29, 0.717) is 26.1 Å². The molecular weight excluding hydrogens is 350 g/mol. The number of aromatic amines is 1. The van der Waals surface area contributed by atoms with E-state index in [1.165, 1.54) is 0 Å². The molecule has 5 heteroatoms. The van der Waals surface area contributed by atoms with Crippen LogP contribution in [0.1, 0.15) is 16.7 Å². The molecule has 144 valence electrons. The van der Waals surface area contributed by atoms with Crippen molar-refractivity contribution in [1.82, 2.24) is 14.8 Å². The second-order valence-electron chi connectivity index (χ2n) is 7.47. The Morgan fingerprint density at radius 1 is 0.964 bits per heavy atom. The number of aromatic nitrogens is 1. The van der Waals surface area contributed by atoms with E-state index < -0.39 is 0 Å². The molecule has 5 nitrogen and oxygen atoms in total. The molecule has 0 radical (unpaired) electrons. The number of nitrogens with zero attached hydrogens (tertiary/aromatic N) is 2. The first-order chi connectivity index (χ1) is 13.6. The van der Waals surface area contributed by atoms with E-state index in [4.69, 9.17) is 0 Å². The lowest BCUT2D eigenvalue weighted by Crippen LogP contribution is -2.49. The summed E-state index contributed by atoms with van der Waals surface area (Å²) < 4.78 is 0. The van der Waals surface area contributed by atoms with Crippen molar-refractivity contribution in [2.45, 2.75) is 19.9 Å². The summed E-state index contributed by atoms with van der Waals surface area (Å²) in [6.45, 7) is 5.63. The van der Waals surface area contributed by atoms with Crippen molar-refractivity contribution in [2.24, 2.45) is 0 Å². The van der Waals surface area contributed by atoms with Crippen molar-refractivity contribution in [3.63, 3.8) is 0 Å². The minimum absolute atomic E-state index is 0.0308. The van der Waals surface area contributed by atoms with Gasteiger partial charge in [0.05, 0.1) is 6.42 Å². The van der Waals surface area contributed by atoms with Crippen molar-refractivity contribution >= 4 is 16.8 Å². The van der Waals surface area contributed by atoms with Crippen LogP contribution in [-0.4, -0.2) is 46.9 Å². The normalized spacial score (nSPS) is 15.1. The number of fused-ring (bicyclic) bond motifs is 1. The Balaban J connectivity index is 1.37. The van der Waals surface area contributed by atoms with E-state index in [-0.39, 0.29) is 11.5 Å². The molecule has 28 heavy (non-hydrogen) atoms. The number of piperazine rings is 1. The van der Waals surface area contributed by atoms with Crippen LogP contribution in [0.5, 0.6) is 0 Å². The van der Waals surface area contributed by atoms with Crippen LogP contribution in [0, 0.1) is 6.92 Å². The average Bonchev–Trinajstić information content (AvgIpc) is 2.71. The van der Waals surface area contributed by atoms with Gasteiger partial charge in [-0.25, -0.2) is 0 Å². The molecule has 0 unspecified atom stereocenters. The van der Waals surface area contributed by atoms with Gasteiger partial charge in [-0.05, 0) is 35.6 Å². The number of amides is 1. The van der Waals surface area contributed by atoms with Gasteiger partial charge < -0.3 is 9.88 Å². The molecule has 1 aliphatic heterocycles. The summed E-state index contributed by atoms with van der Waals surface area (Å²) in [7, 11) is 0. The summed E-state index contributed by atoms with van der Waals surface area (Å²) in [6, 6.07) is 17.8. The minimum Gasteiger partial charge on any atom is -0.340 e. The highest BCUT2D eigenvalue weighted by atomic mass is 16.2. The monoisotopic (exact) mass is 375 g/mol. The van der Waals surface area contributed by atoms with Gasteiger partial charge in [0.15, 0.2) is 0 Å². The second-order valence-corrected chi connectivity index (χ2v) is 7.47. The van der Waals surface area contributed by atoms with Crippen LogP contribution in [0.4, 0.5) is 0 Å². The summed E-state index contributed by atoms with van der Waals surface area (Å²) in [4.78, 5) is 32.2. The lowest BCUT2D eigenvalue weighted by molar-refractivity contribution is -0.132. The number of hydrogen-bond acceptors (Lipinski definition) is 3. The molecule has 1 fully saturated rings. The summed E-state index contributed by atoms with van der Waals surface area (Å²) in [5, 5.41) is 1.05. The maximum atomic E-state index is 12.6. The Bertz CT molecular complexity index is 1050. The lowest BCUT2D eigenvalue weighted by Gasteiger charge is -2.34. The van der Waals surface area contributed by atoms with Crippen LogP contribution >= 0.6 is 0 Å². The quantitative estimate of drug-likeness (QED) is 0.763. The van der Waals surface area contributed by atoms with Crippen LogP contribution in [0.25, 0.3) is 10.9 Å². The van der Waals surface area contributed by atoms with Crippen LogP contribution < -0.4 is 5.56 Å². The highest BCUT2D eigenvalue weighted by Crippen LogP contribution is 2.14. The van der Waals surface area contributed by atoms with Gasteiger partial charge in [0.25, 0.3) is 5.56 Å². The molecule has 1 aromatic heterocycles. The Morgan fingerprint density at radius 2 is 1.68 bits per heavy atom. The van der Waals surface area contributed by atoms with Crippen LogP contribution in [-0.2, 0) is 17.8 Å². The first kappa shape index (κ1) is 18.4. The summed E-state index contributed by atoms with van der Waals surface area (Å²) in [5.74, 6) is 0.178. The first-order valence-electron chi connectivity index (χ1n) is 9.76. The molecule has 0 bridgehead atoms. The lowest BCUT2D eigenvalue weighted by atomic mass is 10.1. The Morgan fingerprint density at radius 3 is 2.46 bits per heavy atom. The summed E-state index contributed by atoms with van der Waals surface area (Å²) >= 11 is 0. The average molecular weight is 375 g/mol. The molecule has 0 aliphatic carbocycles. The van der Waals surface area contributed by atoms with Crippen molar-refractivity contribution in [2.75, 3.05) is 26.2 Å². The molecule has 1 aliphatic rings. The molecule has 1 saturated heterocycles. The van der Waals surface area contributed by atoms with Crippen LogP contribution in [0.15, 0.2) is 59.4 Å². The van der Waals surface area contributed by atoms with Crippen molar-refractivity contribution in [1.29, 1.82) is 0 Å². The summed E-state index contributed by atoms with van der Waals surface area (Å²) in [6.07, 6.45) is 0.455. The first-order valence-corrected chi connectivity index (χ1v) is 9.76. The smallest absolute Gasteiger partial charge is 0.252 e. The number of carbonyl (C=O) groups is 1. The van der Waals surface area contributed by atoms with Gasteiger partial charge in [-0.2, -0.15) is 0 Å². The zero-order valence-electron chi connectivity index (χ0n) is 16.1. The fourth-order valence-corrected chi connectivity index (χ4v) is 3.79. The highest BCUT2D eigenvalue weighted by Gasteiger charge is 2.22. The van der Waals surface area contributed by atoms with Gasteiger partial charge in [0, 0.05) is 43.8 Å². The van der Waals surface area contributed by atoms with Gasteiger partial charge in [0.1, 0.15) is 0 Å². The number of nitrogens with one attached hydrogen (secondary N) is 1. The molecule has 0 atom stereocenters. The predicted molar refractivity (Wildman–Crippen MR) is 111 cm³/mol. The largest absolute Gasteiger partial charge is 0.340 e. The number of carbonyl (C=O) groups excluding carboxylic acids is 1. The third-order valence-electron chi connectivity index (χ3n) is 5.55. The van der Waals surface area contributed by atoms with Crippen LogP contribution in [0.2, 0.25) is 0 Å². The Hall–Kier alpha value is -2.92. The maximum absolute atomic E-state index is 12.6. The number of rotatable bonds is 4. The van der Waals surface area contributed by atoms with Gasteiger partial charge in [-0.15, -0.1) is 0 Å². The third-order valence-corrected chi connectivity index (χ3v) is 5.55. The Kier molecular flexibility index (Phi) is 5.26. The fourth-order valence-electron chi connectivity index (χ4n) is 3.79. The van der Waals surface area contributed by atoms with E-state index in [1.54, 1.807) is 0 Å². The molecule has 2 aromatic carbocycles. The molecule has 2 heterocycles. The number of pyridine rings is 1. The number of aryl methyl sites for hydroxylation is 1. The highest BCUT2D eigenvalue weighted by molar-refractivity contribution is 5.79. The van der Waals surface area contributed by atoms with Crippen molar-refractivity contribution in [3.05, 3.63) is 81.6 Å². The third kappa shape index (κ3) is 3.99. The second kappa shape index (κ2) is 7.98. The van der Waals surface area contributed by atoms with Crippen molar-refractivity contribution < 1.29 is 4.79 Å². The van der Waals surface area contributed by atoms with Gasteiger partial charge in [-0.1, -0.05) is 42.5 Å². The topological polar surface area (TPSA) is 56.4 Å². The molecule has 4 rings (SSSR count). The maximum Gasteiger partial charge on any atom is 0.252 e. The van der Waals surface area contributed by atoms with E-state index in [0.717, 1.165) is 40.7 Å². The summed E-state index contributed by atoms with van der Waals surface area (Å²) in [5.41, 5.74) is 3.86. The molecule has 0 saturated carbocycles.